The first-order valence-corrected chi connectivity index (χ1v) is 16.6. The van der Waals surface area contributed by atoms with Gasteiger partial charge in [-0.15, -0.1) is 0 Å². The van der Waals surface area contributed by atoms with Crippen molar-refractivity contribution in [2.24, 2.45) is 0 Å². The van der Waals surface area contributed by atoms with E-state index in [1.54, 1.807) is 0 Å². The van der Waals surface area contributed by atoms with Crippen LogP contribution in [-0.2, 0) is 11.5 Å². The number of aromatic amines is 1. The van der Waals surface area contributed by atoms with Gasteiger partial charge in [0, 0.05) is 34.2 Å². The van der Waals surface area contributed by atoms with Crippen molar-refractivity contribution in [3.05, 3.63) is 40.4 Å². The first-order valence-electron chi connectivity index (χ1n) is 9.27. The molecule has 0 unspecified atom stereocenters. The number of nitrogens with one attached hydrogen (secondary N) is 1. The highest BCUT2D eigenvalue weighted by atomic mass is 127. The Morgan fingerprint density at radius 1 is 0.938 bits per heavy atom. The third kappa shape index (κ3) is 6.80. The normalized spacial score (nSPS) is 11.8. The molecule has 32 heavy (non-hydrogen) atoms. The van der Waals surface area contributed by atoms with E-state index in [-0.39, 0.29) is 10.6 Å². The van der Waals surface area contributed by atoms with E-state index in [0.717, 1.165) is 30.6 Å². The van der Waals surface area contributed by atoms with Crippen molar-refractivity contribution in [3.8, 4) is 0 Å². The Morgan fingerprint density at radius 3 is 2.22 bits per heavy atom. The number of halogens is 6. The second kappa shape index (κ2) is 11.2. The Labute approximate surface area is 233 Å². The molecule has 4 aromatic heterocycles. The van der Waals surface area contributed by atoms with Crippen molar-refractivity contribution < 1.29 is 4.74 Å². The van der Waals surface area contributed by atoms with Crippen LogP contribution in [0.1, 0.15) is 0 Å². The number of hydrogen-bond donors (Lipinski definition) is 1. The largest absolute Gasteiger partial charge is 0.361 e. The molecule has 0 aliphatic heterocycles. The molecule has 7 nitrogen and oxygen atoms in total. The van der Waals surface area contributed by atoms with E-state index in [1.165, 1.54) is 0 Å². The van der Waals surface area contributed by atoms with Gasteiger partial charge in [0.05, 0.1) is 10.8 Å². The van der Waals surface area contributed by atoms with Crippen LogP contribution in [0.3, 0.4) is 0 Å². The van der Waals surface area contributed by atoms with Crippen LogP contribution in [0.4, 0.5) is 0 Å². The summed E-state index contributed by atoms with van der Waals surface area (Å²) in [6, 6.07) is 1.14. The molecule has 0 spiro atoms. The average molecular weight is 758 g/mol. The lowest BCUT2D eigenvalue weighted by atomic mass is 10.4. The first-order chi connectivity index (χ1) is 15.0. The molecule has 1 N–H and O–H groups in total. The molecule has 0 bridgehead atoms. The maximum atomic E-state index is 6.11. The van der Waals surface area contributed by atoms with Gasteiger partial charge >= 0.3 is 0 Å². The summed E-state index contributed by atoms with van der Waals surface area (Å²) in [5.41, 5.74) is 1.39. The molecule has 0 saturated carbocycles. The zero-order valence-electron chi connectivity index (χ0n) is 17.2. The zero-order chi connectivity index (χ0) is 23.6. The van der Waals surface area contributed by atoms with Gasteiger partial charge in [-0.1, -0.05) is 42.8 Å². The summed E-state index contributed by atoms with van der Waals surface area (Å²) in [6.07, 6.45) is 3.76. The Morgan fingerprint density at radius 2 is 1.56 bits per heavy atom. The highest BCUT2D eigenvalue weighted by molar-refractivity contribution is 14.1. The molecule has 172 valence electrons. The molecule has 4 heterocycles. The zero-order valence-corrected chi connectivity index (χ0v) is 25.5. The van der Waals surface area contributed by atoms with Gasteiger partial charge < -0.3 is 14.3 Å². The number of aromatic nitrogens is 6. The van der Waals surface area contributed by atoms with E-state index >= 15 is 0 Å². The van der Waals surface area contributed by atoms with Crippen molar-refractivity contribution in [1.82, 2.24) is 29.5 Å². The van der Waals surface area contributed by atoms with E-state index in [9.17, 15) is 0 Å². The average Bonchev–Trinajstić information content (AvgIpc) is 3.18. The molecule has 0 aliphatic carbocycles. The molecule has 0 atom stereocenters. The third-order valence-electron chi connectivity index (χ3n) is 4.24. The number of nitrogens with zero attached hydrogens (tertiary/aromatic N) is 5. The standard InChI is InChI=1S/C12H16Cl2IN3OSi.C6H2Cl2IN3/c1-20(2,3)5-4-19-7-18-6-8(15)9-10(13)16-12(14)17-11(9)18;7-4-3-2(9)1-10-5(3)12-6(8)11-4/h6H,4-5,7H2,1-3H3;1H,(H,10,11,12). The highest BCUT2D eigenvalue weighted by Gasteiger charge is 2.15. The van der Waals surface area contributed by atoms with E-state index in [4.69, 9.17) is 51.1 Å². The van der Waals surface area contributed by atoms with Gasteiger partial charge in [-0.2, -0.15) is 9.97 Å². The van der Waals surface area contributed by atoms with Crippen LogP contribution in [0.15, 0.2) is 12.4 Å². The van der Waals surface area contributed by atoms with Crippen molar-refractivity contribution >= 4 is 122 Å². The second-order valence-corrected chi connectivity index (χ2v) is 17.3. The van der Waals surface area contributed by atoms with Gasteiger partial charge in [0.1, 0.15) is 28.3 Å². The molecule has 0 fully saturated rings. The summed E-state index contributed by atoms with van der Waals surface area (Å²) in [6.45, 7) is 8.21. The summed E-state index contributed by atoms with van der Waals surface area (Å²) >= 11 is 27.8. The summed E-state index contributed by atoms with van der Waals surface area (Å²) in [5.74, 6) is 0. The van der Waals surface area contributed by atoms with Crippen LogP contribution in [-0.4, -0.2) is 44.2 Å². The Balaban J connectivity index is 0.000000204. The van der Waals surface area contributed by atoms with Gasteiger partial charge in [-0.3, -0.25) is 0 Å². The van der Waals surface area contributed by atoms with E-state index < -0.39 is 8.07 Å². The SMILES string of the molecule is C[Si](C)(C)CCOCn1cc(I)c2c(Cl)nc(Cl)nc21.Clc1nc(Cl)c2c(I)c[nH]c2n1. The number of fused-ring (bicyclic) bond motifs is 2. The van der Waals surface area contributed by atoms with Gasteiger partial charge in [0.15, 0.2) is 0 Å². The van der Waals surface area contributed by atoms with Gasteiger partial charge in [-0.05, 0) is 74.4 Å². The lowest BCUT2D eigenvalue weighted by Crippen LogP contribution is -2.22. The molecule has 4 rings (SSSR count). The third-order valence-corrected chi connectivity index (χ3v) is 8.50. The molecule has 0 aromatic carbocycles. The lowest BCUT2D eigenvalue weighted by Gasteiger charge is -2.15. The quantitative estimate of drug-likeness (QED) is 0.0750. The van der Waals surface area contributed by atoms with Crippen LogP contribution < -0.4 is 0 Å². The fourth-order valence-corrected chi connectivity index (χ4v) is 6.17. The molecule has 4 aromatic rings. The Hall–Kier alpha value is 0.0369. The smallest absolute Gasteiger partial charge is 0.225 e. The topological polar surface area (TPSA) is 81.5 Å². The minimum absolute atomic E-state index is 0.153. The molecule has 0 aliphatic rings. The predicted octanol–water partition coefficient (Wildman–Crippen LogP) is 7.52. The summed E-state index contributed by atoms with van der Waals surface area (Å²) in [4.78, 5) is 19.0. The van der Waals surface area contributed by atoms with Crippen molar-refractivity contribution in [1.29, 1.82) is 0 Å². The number of H-pyrrole nitrogens is 1. The molecule has 14 heteroatoms. The van der Waals surface area contributed by atoms with Crippen molar-refractivity contribution in [3.63, 3.8) is 0 Å². The summed E-state index contributed by atoms with van der Waals surface area (Å²) < 4.78 is 9.65. The summed E-state index contributed by atoms with van der Waals surface area (Å²) in [5, 5.41) is 2.72. The van der Waals surface area contributed by atoms with E-state index in [1.807, 2.05) is 17.0 Å². The van der Waals surface area contributed by atoms with Gasteiger partial charge in [0.2, 0.25) is 10.6 Å². The van der Waals surface area contributed by atoms with Crippen LogP contribution >= 0.6 is 91.6 Å². The number of ether oxygens (including phenoxy) is 1. The van der Waals surface area contributed by atoms with Crippen LogP contribution in [0, 0.1) is 7.14 Å². The number of rotatable bonds is 5. The maximum Gasteiger partial charge on any atom is 0.225 e. The summed E-state index contributed by atoms with van der Waals surface area (Å²) in [7, 11) is -1.07. The molecular formula is C18H18Cl4I2N6OSi. The van der Waals surface area contributed by atoms with E-state index in [0.29, 0.717) is 28.3 Å². The van der Waals surface area contributed by atoms with Gasteiger partial charge in [0.25, 0.3) is 0 Å². The van der Waals surface area contributed by atoms with Crippen molar-refractivity contribution in [2.75, 3.05) is 6.61 Å². The second-order valence-electron chi connectivity index (χ2n) is 7.92. The van der Waals surface area contributed by atoms with E-state index in [2.05, 4.69) is 89.7 Å². The predicted molar refractivity (Wildman–Crippen MR) is 151 cm³/mol. The fourth-order valence-electron chi connectivity index (χ4n) is 2.64. The molecule has 0 saturated heterocycles. The minimum atomic E-state index is -1.07. The van der Waals surface area contributed by atoms with Gasteiger partial charge in [-0.25, -0.2) is 9.97 Å². The first kappa shape index (κ1) is 26.6. The number of hydrogen-bond acceptors (Lipinski definition) is 5. The van der Waals surface area contributed by atoms with Crippen LogP contribution in [0.2, 0.25) is 46.6 Å². The molecular weight excluding hydrogens is 740 g/mol. The maximum absolute atomic E-state index is 6.11. The molecule has 0 amide bonds. The van der Waals surface area contributed by atoms with Crippen LogP contribution in [0.5, 0.6) is 0 Å². The monoisotopic (exact) mass is 756 g/mol. The molecule has 0 radical (unpaired) electrons. The minimum Gasteiger partial charge on any atom is -0.361 e. The fraction of sp³-hybridized carbons (Fsp3) is 0.333. The highest BCUT2D eigenvalue weighted by Crippen LogP contribution is 2.29. The van der Waals surface area contributed by atoms with Crippen molar-refractivity contribution in [2.45, 2.75) is 32.4 Å². The van der Waals surface area contributed by atoms with Crippen LogP contribution in [0.25, 0.3) is 22.1 Å². The lowest BCUT2D eigenvalue weighted by molar-refractivity contribution is 0.0898. The Kier molecular flexibility index (Phi) is 9.31. The Bertz CT molecular complexity index is 1260.